The molecule has 0 unspecified atom stereocenters. The summed E-state index contributed by atoms with van der Waals surface area (Å²) in [6, 6.07) is 18.6. The van der Waals surface area contributed by atoms with E-state index in [9.17, 15) is 9.59 Å². The summed E-state index contributed by atoms with van der Waals surface area (Å²) >= 11 is 0. The number of anilines is 2. The van der Waals surface area contributed by atoms with Crippen molar-refractivity contribution >= 4 is 23.2 Å². The van der Waals surface area contributed by atoms with Crippen molar-refractivity contribution in [2.75, 3.05) is 32.0 Å². The molecule has 0 aromatic heterocycles. The van der Waals surface area contributed by atoms with Crippen molar-refractivity contribution in [3.8, 4) is 17.2 Å². The smallest absolute Gasteiger partial charge is 0.259 e. The zero-order valence-electron chi connectivity index (χ0n) is 16.9. The molecule has 0 heterocycles. The fourth-order valence-electron chi connectivity index (χ4n) is 2.85. The summed E-state index contributed by atoms with van der Waals surface area (Å²) < 4.78 is 15.7. The van der Waals surface area contributed by atoms with Gasteiger partial charge in [-0.2, -0.15) is 0 Å². The average molecular weight is 406 g/mol. The molecule has 0 aliphatic rings. The summed E-state index contributed by atoms with van der Waals surface area (Å²) in [5, 5.41) is 5.62. The van der Waals surface area contributed by atoms with Crippen LogP contribution >= 0.6 is 0 Å². The fraction of sp³-hybridized carbons (Fsp3) is 0.130. The first-order chi connectivity index (χ1) is 14.5. The molecule has 2 amide bonds. The number of nitrogens with one attached hydrogen (secondary N) is 2. The maximum Gasteiger partial charge on any atom is 0.259 e. The topological polar surface area (TPSA) is 85.9 Å². The van der Waals surface area contributed by atoms with Gasteiger partial charge < -0.3 is 24.8 Å². The van der Waals surface area contributed by atoms with Crippen molar-refractivity contribution in [2.24, 2.45) is 0 Å². The van der Waals surface area contributed by atoms with Crippen molar-refractivity contribution in [3.05, 3.63) is 77.9 Å². The van der Waals surface area contributed by atoms with Crippen LogP contribution in [0.2, 0.25) is 0 Å². The number of rotatable bonds is 7. The van der Waals surface area contributed by atoms with E-state index in [0.717, 1.165) is 0 Å². The summed E-state index contributed by atoms with van der Waals surface area (Å²) in [6.45, 7) is 0. The first kappa shape index (κ1) is 20.7. The lowest BCUT2D eigenvalue weighted by Crippen LogP contribution is -2.15. The Morgan fingerprint density at radius 2 is 1.40 bits per heavy atom. The van der Waals surface area contributed by atoms with Gasteiger partial charge in [0.15, 0.2) is 0 Å². The van der Waals surface area contributed by atoms with Gasteiger partial charge in [0.2, 0.25) is 0 Å². The number of ether oxygens (including phenoxy) is 3. The maximum absolute atomic E-state index is 12.6. The van der Waals surface area contributed by atoms with Crippen LogP contribution in [0.15, 0.2) is 66.7 Å². The minimum absolute atomic E-state index is 0.316. The van der Waals surface area contributed by atoms with Gasteiger partial charge in [0, 0.05) is 11.3 Å². The molecule has 3 rings (SSSR count). The molecule has 0 saturated heterocycles. The van der Waals surface area contributed by atoms with Gasteiger partial charge in [0.1, 0.15) is 17.2 Å². The molecule has 2 N–H and O–H groups in total. The highest BCUT2D eigenvalue weighted by Gasteiger charge is 2.14. The third-order valence-electron chi connectivity index (χ3n) is 4.41. The Bertz CT molecular complexity index is 1050. The van der Waals surface area contributed by atoms with Crippen LogP contribution in [-0.4, -0.2) is 33.1 Å². The number of para-hydroxylation sites is 1. The van der Waals surface area contributed by atoms with E-state index in [0.29, 0.717) is 39.8 Å². The van der Waals surface area contributed by atoms with Crippen LogP contribution in [0.5, 0.6) is 17.2 Å². The number of amides is 2. The van der Waals surface area contributed by atoms with E-state index in [1.807, 2.05) is 0 Å². The van der Waals surface area contributed by atoms with Gasteiger partial charge in [-0.15, -0.1) is 0 Å². The number of carbonyl (C=O) groups excluding carboxylic acids is 2. The van der Waals surface area contributed by atoms with Gasteiger partial charge in [-0.25, -0.2) is 0 Å². The van der Waals surface area contributed by atoms with Crippen LogP contribution in [0.3, 0.4) is 0 Å². The summed E-state index contributed by atoms with van der Waals surface area (Å²) in [4.78, 5) is 25.3. The molecule has 0 spiro atoms. The van der Waals surface area contributed by atoms with Crippen molar-refractivity contribution in [1.29, 1.82) is 0 Å². The molecule has 0 atom stereocenters. The minimum Gasteiger partial charge on any atom is -0.497 e. The molecule has 0 fully saturated rings. The molecule has 0 saturated carbocycles. The van der Waals surface area contributed by atoms with E-state index in [-0.39, 0.29) is 11.8 Å². The number of benzene rings is 3. The lowest BCUT2D eigenvalue weighted by molar-refractivity contribution is 0.101. The van der Waals surface area contributed by atoms with Crippen LogP contribution in [0, 0.1) is 0 Å². The lowest BCUT2D eigenvalue weighted by atomic mass is 10.1. The van der Waals surface area contributed by atoms with Crippen LogP contribution in [0.4, 0.5) is 11.4 Å². The van der Waals surface area contributed by atoms with Crippen LogP contribution < -0.4 is 24.8 Å². The number of hydrogen-bond donors (Lipinski definition) is 2. The molecule has 0 radical (unpaired) electrons. The second kappa shape index (κ2) is 9.47. The van der Waals surface area contributed by atoms with Crippen molar-refractivity contribution in [1.82, 2.24) is 0 Å². The third-order valence-corrected chi connectivity index (χ3v) is 4.41. The normalized spacial score (nSPS) is 10.1. The second-order valence-corrected chi connectivity index (χ2v) is 6.25. The zero-order chi connectivity index (χ0) is 21.5. The van der Waals surface area contributed by atoms with E-state index < -0.39 is 0 Å². The van der Waals surface area contributed by atoms with E-state index in [1.54, 1.807) is 73.8 Å². The Hall–Kier alpha value is -4.00. The molecule has 3 aromatic carbocycles. The Morgan fingerprint density at radius 1 is 0.700 bits per heavy atom. The first-order valence-electron chi connectivity index (χ1n) is 9.13. The van der Waals surface area contributed by atoms with Crippen LogP contribution in [-0.2, 0) is 0 Å². The highest BCUT2D eigenvalue weighted by Crippen LogP contribution is 2.29. The summed E-state index contributed by atoms with van der Waals surface area (Å²) in [5.74, 6) is 0.947. The molecule has 3 aromatic rings. The zero-order valence-corrected chi connectivity index (χ0v) is 16.9. The van der Waals surface area contributed by atoms with Gasteiger partial charge in [-0.05, 0) is 54.6 Å². The number of carbonyl (C=O) groups is 2. The van der Waals surface area contributed by atoms with Gasteiger partial charge in [0.05, 0.1) is 32.6 Å². The van der Waals surface area contributed by atoms with E-state index >= 15 is 0 Å². The molecule has 7 heteroatoms. The van der Waals surface area contributed by atoms with Gasteiger partial charge in [-0.3, -0.25) is 9.59 Å². The highest BCUT2D eigenvalue weighted by molar-refractivity contribution is 6.08. The number of hydrogen-bond acceptors (Lipinski definition) is 5. The Balaban J connectivity index is 1.80. The molecular formula is C23H22N2O5. The van der Waals surface area contributed by atoms with Crippen molar-refractivity contribution < 1.29 is 23.8 Å². The minimum atomic E-state index is -0.329. The third kappa shape index (κ3) is 4.70. The SMILES string of the molecule is COc1ccc(C(=O)Nc2cc(NC(=O)c3ccccc3OC)ccc2OC)cc1. The van der Waals surface area contributed by atoms with Gasteiger partial charge in [-0.1, -0.05) is 12.1 Å². The average Bonchev–Trinajstić information content (AvgIpc) is 2.79. The molecule has 154 valence electrons. The first-order valence-corrected chi connectivity index (χ1v) is 9.13. The molecule has 0 aliphatic heterocycles. The lowest BCUT2D eigenvalue weighted by Gasteiger charge is -2.14. The Labute approximate surface area is 174 Å². The van der Waals surface area contributed by atoms with Gasteiger partial charge in [0.25, 0.3) is 11.8 Å². The Kier molecular flexibility index (Phi) is 6.54. The highest BCUT2D eigenvalue weighted by atomic mass is 16.5. The monoisotopic (exact) mass is 406 g/mol. The molecule has 0 aliphatic carbocycles. The van der Waals surface area contributed by atoms with Crippen molar-refractivity contribution in [2.45, 2.75) is 0 Å². The summed E-state index contributed by atoms with van der Waals surface area (Å²) in [7, 11) is 4.57. The largest absolute Gasteiger partial charge is 0.497 e. The fourth-order valence-corrected chi connectivity index (χ4v) is 2.85. The van der Waals surface area contributed by atoms with Gasteiger partial charge >= 0.3 is 0 Å². The van der Waals surface area contributed by atoms with Crippen LogP contribution in [0.1, 0.15) is 20.7 Å². The van der Waals surface area contributed by atoms with E-state index in [4.69, 9.17) is 14.2 Å². The predicted molar refractivity (Wildman–Crippen MR) is 115 cm³/mol. The quantitative estimate of drug-likeness (QED) is 0.614. The van der Waals surface area contributed by atoms with Crippen molar-refractivity contribution in [3.63, 3.8) is 0 Å². The molecule has 7 nitrogen and oxygen atoms in total. The second-order valence-electron chi connectivity index (χ2n) is 6.25. The summed E-state index contributed by atoms with van der Waals surface area (Å²) in [5.41, 5.74) is 1.79. The molecular weight excluding hydrogens is 384 g/mol. The van der Waals surface area contributed by atoms with E-state index in [2.05, 4.69) is 10.6 Å². The maximum atomic E-state index is 12.6. The Morgan fingerprint density at radius 3 is 2.07 bits per heavy atom. The molecule has 30 heavy (non-hydrogen) atoms. The predicted octanol–water partition coefficient (Wildman–Crippen LogP) is 4.22. The standard InChI is InChI=1S/C23H22N2O5/c1-28-17-11-8-15(9-12-17)22(26)25-19-14-16(10-13-21(19)30-3)24-23(27)18-6-4-5-7-20(18)29-2/h4-14H,1-3H3,(H,24,27)(H,25,26). The molecule has 0 bridgehead atoms. The van der Waals surface area contributed by atoms with Crippen LogP contribution in [0.25, 0.3) is 0 Å². The van der Waals surface area contributed by atoms with E-state index in [1.165, 1.54) is 14.2 Å². The summed E-state index contributed by atoms with van der Waals surface area (Å²) in [6.07, 6.45) is 0. The number of methoxy groups -OCH3 is 3.